The van der Waals surface area contributed by atoms with Crippen LogP contribution in [0.15, 0.2) is 36.4 Å². The third-order valence-electron chi connectivity index (χ3n) is 4.29. The van der Waals surface area contributed by atoms with Crippen LogP contribution in [0.4, 0.5) is 0 Å². The number of rotatable bonds is 6. The summed E-state index contributed by atoms with van der Waals surface area (Å²) in [5, 5.41) is 2.95. The zero-order valence-corrected chi connectivity index (χ0v) is 14.6. The number of fused-ring (bicyclic) bond motifs is 1. The van der Waals surface area contributed by atoms with Crippen molar-refractivity contribution >= 4 is 5.91 Å². The lowest BCUT2D eigenvalue weighted by Crippen LogP contribution is -2.25. The average Bonchev–Trinajstić information content (AvgIpc) is 2.67. The molecule has 0 saturated carbocycles. The van der Waals surface area contributed by atoms with Crippen molar-refractivity contribution < 1.29 is 19.0 Å². The summed E-state index contributed by atoms with van der Waals surface area (Å²) in [5.41, 5.74) is 2.98. The molecule has 1 heterocycles. The van der Waals surface area contributed by atoms with Gasteiger partial charge in [-0.25, -0.2) is 0 Å². The lowest BCUT2D eigenvalue weighted by molar-refractivity contribution is 0.0953. The SMILES string of the molecule is COc1cc(OC)cc(C(=O)NCCc2ccc3c(c2)CCCO3)c1. The minimum atomic E-state index is -0.140. The van der Waals surface area contributed by atoms with E-state index < -0.39 is 0 Å². The fourth-order valence-corrected chi connectivity index (χ4v) is 2.93. The molecule has 5 nitrogen and oxygen atoms in total. The zero-order valence-electron chi connectivity index (χ0n) is 14.6. The predicted molar refractivity (Wildman–Crippen MR) is 95.8 cm³/mol. The zero-order chi connectivity index (χ0) is 17.6. The smallest absolute Gasteiger partial charge is 0.251 e. The second-order valence-electron chi connectivity index (χ2n) is 6.00. The van der Waals surface area contributed by atoms with E-state index in [2.05, 4.69) is 17.4 Å². The van der Waals surface area contributed by atoms with E-state index >= 15 is 0 Å². The number of methoxy groups -OCH3 is 2. The van der Waals surface area contributed by atoms with Gasteiger partial charge in [0.15, 0.2) is 0 Å². The molecule has 132 valence electrons. The van der Waals surface area contributed by atoms with Crippen molar-refractivity contribution in [2.24, 2.45) is 0 Å². The van der Waals surface area contributed by atoms with Crippen LogP contribution in [0.2, 0.25) is 0 Å². The average molecular weight is 341 g/mol. The van der Waals surface area contributed by atoms with Crippen LogP contribution in [0.1, 0.15) is 27.9 Å². The summed E-state index contributed by atoms with van der Waals surface area (Å²) in [5.74, 6) is 2.04. The van der Waals surface area contributed by atoms with Gasteiger partial charge in [0.1, 0.15) is 17.2 Å². The van der Waals surface area contributed by atoms with Crippen LogP contribution in [-0.2, 0) is 12.8 Å². The van der Waals surface area contributed by atoms with Gasteiger partial charge in [-0.15, -0.1) is 0 Å². The Morgan fingerprint density at radius 1 is 1.12 bits per heavy atom. The van der Waals surface area contributed by atoms with Gasteiger partial charge in [-0.3, -0.25) is 4.79 Å². The van der Waals surface area contributed by atoms with Crippen molar-refractivity contribution in [3.63, 3.8) is 0 Å². The molecule has 1 N–H and O–H groups in total. The standard InChI is InChI=1S/C20H23NO4/c1-23-17-11-16(12-18(13-17)24-2)20(22)21-8-7-14-5-6-19-15(10-14)4-3-9-25-19/h5-6,10-13H,3-4,7-9H2,1-2H3,(H,21,22). The number of nitrogens with one attached hydrogen (secondary N) is 1. The number of amides is 1. The molecule has 1 aliphatic rings. The maximum absolute atomic E-state index is 12.4. The third-order valence-corrected chi connectivity index (χ3v) is 4.29. The highest BCUT2D eigenvalue weighted by Crippen LogP contribution is 2.26. The van der Waals surface area contributed by atoms with Crippen LogP contribution < -0.4 is 19.5 Å². The Labute approximate surface area is 147 Å². The first-order valence-electron chi connectivity index (χ1n) is 8.45. The molecule has 0 spiro atoms. The Morgan fingerprint density at radius 3 is 2.60 bits per heavy atom. The molecule has 0 atom stereocenters. The van der Waals surface area contributed by atoms with Gasteiger partial charge in [0, 0.05) is 18.2 Å². The number of aryl methyl sites for hydroxylation is 1. The molecule has 1 aliphatic heterocycles. The van der Waals surface area contributed by atoms with Crippen LogP contribution in [0.25, 0.3) is 0 Å². The number of carbonyl (C=O) groups excluding carboxylic acids is 1. The normalized spacial score (nSPS) is 12.7. The first-order valence-corrected chi connectivity index (χ1v) is 8.45. The molecule has 1 amide bonds. The molecule has 0 fully saturated rings. The maximum atomic E-state index is 12.4. The van der Waals surface area contributed by atoms with E-state index in [1.165, 1.54) is 11.1 Å². The molecule has 2 aromatic carbocycles. The first-order chi connectivity index (χ1) is 12.2. The van der Waals surface area contributed by atoms with Gasteiger partial charge < -0.3 is 19.5 Å². The minimum absolute atomic E-state index is 0.140. The lowest BCUT2D eigenvalue weighted by atomic mass is 10.0. The number of hydrogen-bond donors (Lipinski definition) is 1. The van der Waals surface area contributed by atoms with Crippen LogP contribution in [0.3, 0.4) is 0 Å². The van der Waals surface area contributed by atoms with Gasteiger partial charge in [0.25, 0.3) is 5.91 Å². The van der Waals surface area contributed by atoms with E-state index in [0.29, 0.717) is 23.6 Å². The van der Waals surface area contributed by atoms with E-state index in [0.717, 1.165) is 31.6 Å². The number of hydrogen-bond acceptors (Lipinski definition) is 4. The fraction of sp³-hybridized carbons (Fsp3) is 0.350. The Morgan fingerprint density at radius 2 is 1.88 bits per heavy atom. The van der Waals surface area contributed by atoms with Gasteiger partial charge in [-0.2, -0.15) is 0 Å². The second kappa shape index (κ2) is 7.92. The highest BCUT2D eigenvalue weighted by Gasteiger charge is 2.12. The number of benzene rings is 2. The molecule has 25 heavy (non-hydrogen) atoms. The maximum Gasteiger partial charge on any atom is 0.251 e. The highest BCUT2D eigenvalue weighted by atomic mass is 16.5. The monoisotopic (exact) mass is 341 g/mol. The van der Waals surface area contributed by atoms with Crippen molar-refractivity contribution in [2.45, 2.75) is 19.3 Å². The molecule has 5 heteroatoms. The van der Waals surface area contributed by atoms with Crippen LogP contribution in [-0.4, -0.2) is 33.3 Å². The van der Waals surface area contributed by atoms with Gasteiger partial charge in [0.2, 0.25) is 0 Å². The first kappa shape index (κ1) is 17.1. The summed E-state index contributed by atoms with van der Waals surface area (Å²) in [6, 6.07) is 11.4. The summed E-state index contributed by atoms with van der Waals surface area (Å²) in [6.07, 6.45) is 2.89. The van der Waals surface area contributed by atoms with Crippen molar-refractivity contribution in [2.75, 3.05) is 27.4 Å². The van der Waals surface area contributed by atoms with Gasteiger partial charge in [-0.05, 0) is 48.6 Å². The van der Waals surface area contributed by atoms with Crippen molar-refractivity contribution in [1.82, 2.24) is 5.32 Å². The summed E-state index contributed by atoms with van der Waals surface area (Å²) in [6.45, 7) is 1.37. The van der Waals surface area contributed by atoms with Crippen LogP contribution >= 0.6 is 0 Å². The van der Waals surface area contributed by atoms with E-state index in [1.54, 1.807) is 32.4 Å². The fourth-order valence-electron chi connectivity index (χ4n) is 2.93. The minimum Gasteiger partial charge on any atom is -0.497 e. The third kappa shape index (κ3) is 4.24. The Hall–Kier alpha value is -2.69. The van der Waals surface area contributed by atoms with Gasteiger partial charge >= 0.3 is 0 Å². The Balaban J connectivity index is 1.59. The van der Waals surface area contributed by atoms with E-state index in [1.807, 2.05) is 6.07 Å². The topological polar surface area (TPSA) is 56.8 Å². The van der Waals surface area contributed by atoms with E-state index in [4.69, 9.17) is 14.2 Å². The lowest BCUT2D eigenvalue weighted by Gasteiger charge is -2.18. The van der Waals surface area contributed by atoms with Crippen LogP contribution in [0.5, 0.6) is 17.2 Å². The molecule has 0 saturated heterocycles. The highest BCUT2D eigenvalue weighted by molar-refractivity contribution is 5.95. The summed E-state index contributed by atoms with van der Waals surface area (Å²) in [4.78, 5) is 12.4. The molecule has 2 aromatic rings. The molecule has 0 aliphatic carbocycles. The largest absolute Gasteiger partial charge is 0.497 e. The summed E-state index contributed by atoms with van der Waals surface area (Å²) >= 11 is 0. The number of ether oxygens (including phenoxy) is 3. The van der Waals surface area contributed by atoms with E-state index in [9.17, 15) is 4.79 Å². The Kier molecular flexibility index (Phi) is 5.43. The molecule has 0 radical (unpaired) electrons. The molecular weight excluding hydrogens is 318 g/mol. The summed E-state index contributed by atoms with van der Waals surface area (Å²) < 4.78 is 16.0. The van der Waals surface area contributed by atoms with Crippen molar-refractivity contribution in [3.8, 4) is 17.2 Å². The van der Waals surface area contributed by atoms with Gasteiger partial charge in [-0.1, -0.05) is 12.1 Å². The quantitative estimate of drug-likeness (QED) is 0.877. The second-order valence-corrected chi connectivity index (χ2v) is 6.00. The van der Waals surface area contributed by atoms with E-state index in [-0.39, 0.29) is 5.91 Å². The molecule has 0 bridgehead atoms. The van der Waals surface area contributed by atoms with Crippen LogP contribution in [0, 0.1) is 0 Å². The molecule has 3 rings (SSSR count). The molecular formula is C20H23NO4. The molecule has 0 unspecified atom stereocenters. The predicted octanol–water partition coefficient (Wildman–Crippen LogP) is 3.00. The van der Waals surface area contributed by atoms with Gasteiger partial charge in [0.05, 0.1) is 20.8 Å². The van der Waals surface area contributed by atoms with Crippen molar-refractivity contribution in [3.05, 3.63) is 53.1 Å². The van der Waals surface area contributed by atoms with Crippen molar-refractivity contribution in [1.29, 1.82) is 0 Å². The summed E-state index contributed by atoms with van der Waals surface area (Å²) in [7, 11) is 3.13. The number of carbonyl (C=O) groups is 1. The molecule has 0 aromatic heterocycles. The Bertz CT molecular complexity index is 735.